The molecular formula is C11H12ClF2N. The summed E-state index contributed by atoms with van der Waals surface area (Å²) in [6, 6.07) is 2.25. The topological polar surface area (TPSA) is 12.0 Å². The van der Waals surface area contributed by atoms with Gasteiger partial charge in [-0.2, -0.15) is 0 Å². The van der Waals surface area contributed by atoms with Crippen LogP contribution in [-0.2, 0) is 6.42 Å². The molecule has 0 saturated carbocycles. The summed E-state index contributed by atoms with van der Waals surface area (Å²) in [5, 5.41) is 3.21. The first-order chi connectivity index (χ1) is 7.16. The Bertz CT molecular complexity index is 362. The summed E-state index contributed by atoms with van der Waals surface area (Å²) in [5.74, 6) is -0.757. The molecule has 0 amide bonds. The minimum Gasteiger partial charge on any atom is -0.316 e. The van der Waals surface area contributed by atoms with E-state index in [0.29, 0.717) is 17.9 Å². The SMILES string of the molecule is Fc1cc(F)c(CC2CCNC2)cc1Cl. The molecule has 1 saturated heterocycles. The Labute approximate surface area is 92.4 Å². The van der Waals surface area contributed by atoms with Gasteiger partial charge in [-0.1, -0.05) is 11.6 Å². The minimum atomic E-state index is -0.692. The summed E-state index contributed by atoms with van der Waals surface area (Å²) in [7, 11) is 0. The average molecular weight is 232 g/mol. The zero-order valence-corrected chi connectivity index (χ0v) is 8.95. The number of benzene rings is 1. The van der Waals surface area contributed by atoms with E-state index in [1.54, 1.807) is 0 Å². The Balaban J connectivity index is 2.16. The van der Waals surface area contributed by atoms with Gasteiger partial charge in [0.05, 0.1) is 5.02 Å². The first-order valence-corrected chi connectivity index (χ1v) is 5.39. The Kier molecular flexibility index (Phi) is 3.22. The summed E-state index contributed by atoms with van der Waals surface area (Å²) >= 11 is 5.61. The van der Waals surface area contributed by atoms with Crippen molar-refractivity contribution >= 4 is 11.6 Å². The molecule has 0 spiro atoms. The fourth-order valence-corrected chi connectivity index (χ4v) is 2.11. The van der Waals surface area contributed by atoms with Gasteiger partial charge in [0.2, 0.25) is 0 Å². The first-order valence-electron chi connectivity index (χ1n) is 5.01. The molecule has 1 nitrogen and oxygen atoms in total. The summed E-state index contributed by atoms with van der Waals surface area (Å²) in [6.07, 6.45) is 1.66. The van der Waals surface area contributed by atoms with Crippen LogP contribution in [0.4, 0.5) is 8.78 Å². The van der Waals surface area contributed by atoms with Crippen molar-refractivity contribution in [3.05, 3.63) is 34.4 Å². The highest BCUT2D eigenvalue weighted by molar-refractivity contribution is 6.30. The van der Waals surface area contributed by atoms with E-state index in [1.165, 1.54) is 6.07 Å². The van der Waals surface area contributed by atoms with Crippen LogP contribution in [0.5, 0.6) is 0 Å². The van der Waals surface area contributed by atoms with Crippen LogP contribution in [0.15, 0.2) is 12.1 Å². The van der Waals surface area contributed by atoms with Crippen molar-refractivity contribution < 1.29 is 8.78 Å². The predicted octanol–water partition coefficient (Wildman–Crippen LogP) is 2.77. The molecule has 1 aliphatic heterocycles. The third-order valence-electron chi connectivity index (χ3n) is 2.76. The zero-order valence-electron chi connectivity index (χ0n) is 8.19. The van der Waals surface area contributed by atoms with Gasteiger partial charge in [0.15, 0.2) is 0 Å². The monoisotopic (exact) mass is 231 g/mol. The molecule has 1 atom stereocenters. The maximum absolute atomic E-state index is 13.4. The highest BCUT2D eigenvalue weighted by Gasteiger charge is 2.17. The maximum Gasteiger partial charge on any atom is 0.144 e. The lowest BCUT2D eigenvalue weighted by atomic mass is 9.98. The fraction of sp³-hybridized carbons (Fsp3) is 0.455. The van der Waals surface area contributed by atoms with Crippen LogP contribution < -0.4 is 5.32 Å². The van der Waals surface area contributed by atoms with Gasteiger partial charge in [-0.25, -0.2) is 8.78 Å². The third kappa shape index (κ3) is 2.47. The van der Waals surface area contributed by atoms with E-state index in [1.807, 2.05) is 0 Å². The number of nitrogens with one attached hydrogen (secondary N) is 1. The summed E-state index contributed by atoms with van der Waals surface area (Å²) in [4.78, 5) is 0. The number of halogens is 3. The van der Waals surface area contributed by atoms with Crippen LogP contribution in [0.1, 0.15) is 12.0 Å². The van der Waals surface area contributed by atoms with Crippen LogP contribution in [-0.4, -0.2) is 13.1 Å². The molecule has 82 valence electrons. The Morgan fingerprint density at radius 3 is 2.80 bits per heavy atom. The smallest absolute Gasteiger partial charge is 0.144 e. The van der Waals surface area contributed by atoms with Crippen LogP contribution in [0, 0.1) is 17.6 Å². The van der Waals surface area contributed by atoms with E-state index >= 15 is 0 Å². The second-order valence-corrected chi connectivity index (χ2v) is 4.33. The second-order valence-electron chi connectivity index (χ2n) is 3.92. The Morgan fingerprint density at radius 1 is 1.33 bits per heavy atom. The van der Waals surface area contributed by atoms with Crippen molar-refractivity contribution in [2.75, 3.05) is 13.1 Å². The minimum absolute atomic E-state index is 0.00245. The summed E-state index contributed by atoms with van der Waals surface area (Å²) in [5.41, 5.74) is 0.509. The van der Waals surface area contributed by atoms with E-state index < -0.39 is 11.6 Å². The molecule has 1 fully saturated rings. The molecule has 1 aliphatic rings. The van der Waals surface area contributed by atoms with Gasteiger partial charge in [-0.15, -0.1) is 0 Å². The molecule has 0 radical (unpaired) electrons. The van der Waals surface area contributed by atoms with Gasteiger partial charge < -0.3 is 5.32 Å². The predicted molar refractivity (Wildman–Crippen MR) is 56.0 cm³/mol. The zero-order chi connectivity index (χ0) is 10.8. The van der Waals surface area contributed by atoms with Gasteiger partial charge in [-0.05, 0) is 43.5 Å². The quantitative estimate of drug-likeness (QED) is 0.772. The van der Waals surface area contributed by atoms with Crippen molar-refractivity contribution in [2.45, 2.75) is 12.8 Å². The molecule has 0 bridgehead atoms. The van der Waals surface area contributed by atoms with Gasteiger partial charge in [-0.3, -0.25) is 0 Å². The highest BCUT2D eigenvalue weighted by Crippen LogP contribution is 2.23. The lowest BCUT2D eigenvalue weighted by molar-refractivity contribution is 0.532. The average Bonchev–Trinajstić information content (AvgIpc) is 2.67. The normalized spacial score (nSPS) is 20.9. The molecule has 2 rings (SSSR count). The molecule has 1 N–H and O–H groups in total. The number of hydrogen-bond acceptors (Lipinski definition) is 1. The number of hydrogen-bond donors (Lipinski definition) is 1. The Hall–Kier alpha value is -0.670. The van der Waals surface area contributed by atoms with Gasteiger partial charge in [0, 0.05) is 6.07 Å². The van der Waals surface area contributed by atoms with Crippen molar-refractivity contribution in [2.24, 2.45) is 5.92 Å². The molecule has 15 heavy (non-hydrogen) atoms. The summed E-state index contributed by atoms with van der Waals surface area (Å²) in [6.45, 7) is 1.87. The molecule has 0 aromatic heterocycles. The second kappa shape index (κ2) is 4.45. The molecule has 1 heterocycles. The van der Waals surface area contributed by atoms with Crippen molar-refractivity contribution in [1.82, 2.24) is 5.32 Å². The van der Waals surface area contributed by atoms with Crippen LogP contribution in [0.25, 0.3) is 0 Å². The van der Waals surface area contributed by atoms with E-state index in [0.717, 1.165) is 25.6 Å². The lowest BCUT2D eigenvalue weighted by Gasteiger charge is -2.09. The maximum atomic E-state index is 13.4. The van der Waals surface area contributed by atoms with E-state index in [2.05, 4.69) is 5.32 Å². The largest absolute Gasteiger partial charge is 0.316 e. The lowest BCUT2D eigenvalue weighted by Crippen LogP contribution is -2.11. The van der Waals surface area contributed by atoms with Crippen molar-refractivity contribution in [1.29, 1.82) is 0 Å². The van der Waals surface area contributed by atoms with Crippen molar-refractivity contribution in [3.63, 3.8) is 0 Å². The van der Waals surface area contributed by atoms with Gasteiger partial charge in [0.1, 0.15) is 11.6 Å². The van der Waals surface area contributed by atoms with Crippen LogP contribution in [0.3, 0.4) is 0 Å². The van der Waals surface area contributed by atoms with Gasteiger partial charge >= 0.3 is 0 Å². The fourth-order valence-electron chi connectivity index (χ4n) is 1.92. The van der Waals surface area contributed by atoms with Crippen LogP contribution in [0.2, 0.25) is 5.02 Å². The highest BCUT2D eigenvalue weighted by atomic mass is 35.5. The molecular weight excluding hydrogens is 220 g/mol. The van der Waals surface area contributed by atoms with Crippen molar-refractivity contribution in [3.8, 4) is 0 Å². The van der Waals surface area contributed by atoms with Crippen LogP contribution >= 0.6 is 11.6 Å². The Morgan fingerprint density at radius 2 is 2.13 bits per heavy atom. The summed E-state index contributed by atoms with van der Waals surface area (Å²) < 4.78 is 26.3. The van der Waals surface area contributed by atoms with E-state index in [9.17, 15) is 8.78 Å². The molecule has 1 unspecified atom stereocenters. The standard InChI is InChI=1S/C11H12ClF2N/c12-9-4-8(10(13)5-11(9)14)3-7-1-2-15-6-7/h4-5,7,15H,1-3,6H2. The van der Waals surface area contributed by atoms with Gasteiger partial charge in [0.25, 0.3) is 0 Å². The van der Waals surface area contributed by atoms with E-state index in [-0.39, 0.29) is 5.02 Å². The molecule has 0 aliphatic carbocycles. The third-order valence-corrected chi connectivity index (χ3v) is 3.05. The first kappa shape index (κ1) is 10.8. The molecule has 1 aromatic rings. The number of rotatable bonds is 2. The molecule has 1 aromatic carbocycles. The van der Waals surface area contributed by atoms with E-state index in [4.69, 9.17) is 11.6 Å². The molecule has 4 heteroatoms.